The standard InChI is InChI=1S/C24H21N3O6S/c1-16(23(28)26-20-7-3-5-17(13-20)15-25)33-24(29)18-6-4-8-22(14-18)34(30,31)27-19-9-11-21(32-2)12-10-19/h3-14,16,27H,1-2H3,(H,26,28). The number of nitrogens with one attached hydrogen (secondary N) is 2. The number of carbonyl (C=O) groups excluding carboxylic acids is 2. The number of amides is 1. The van der Waals surface area contributed by atoms with Crippen LogP contribution in [0.4, 0.5) is 11.4 Å². The molecule has 0 aromatic heterocycles. The van der Waals surface area contributed by atoms with Crippen molar-refractivity contribution in [2.24, 2.45) is 0 Å². The smallest absolute Gasteiger partial charge is 0.338 e. The van der Waals surface area contributed by atoms with E-state index in [1.54, 1.807) is 42.5 Å². The van der Waals surface area contributed by atoms with Crippen LogP contribution in [0.15, 0.2) is 77.7 Å². The highest BCUT2D eigenvalue weighted by molar-refractivity contribution is 7.92. The molecule has 0 aliphatic carbocycles. The van der Waals surface area contributed by atoms with Gasteiger partial charge in [0.05, 0.1) is 29.2 Å². The van der Waals surface area contributed by atoms with Crippen molar-refractivity contribution in [3.63, 3.8) is 0 Å². The maximum atomic E-state index is 12.7. The van der Waals surface area contributed by atoms with E-state index in [-0.39, 0.29) is 10.5 Å². The molecule has 2 N–H and O–H groups in total. The van der Waals surface area contributed by atoms with Gasteiger partial charge >= 0.3 is 5.97 Å². The van der Waals surface area contributed by atoms with E-state index in [9.17, 15) is 18.0 Å². The SMILES string of the molecule is COc1ccc(NS(=O)(=O)c2cccc(C(=O)OC(C)C(=O)Nc3cccc(C#N)c3)c2)cc1. The summed E-state index contributed by atoms with van der Waals surface area (Å²) in [4.78, 5) is 24.8. The zero-order chi connectivity index (χ0) is 24.7. The van der Waals surface area contributed by atoms with Crippen LogP contribution in [0.5, 0.6) is 5.75 Å². The first-order chi connectivity index (χ1) is 16.2. The van der Waals surface area contributed by atoms with Crippen LogP contribution in [0.2, 0.25) is 0 Å². The Labute approximate surface area is 197 Å². The van der Waals surface area contributed by atoms with Crippen LogP contribution in [0, 0.1) is 11.3 Å². The van der Waals surface area contributed by atoms with Crippen LogP contribution in [0.1, 0.15) is 22.8 Å². The lowest BCUT2D eigenvalue weighted by Gasteiger charge is -2.14. The van der Waals surface area contributed by atoms with E-state index in [0.29, 0.717) is 22.7 Å². The summed E-state index contributed by atoms with van der Waals surface area (Å²) in [5.41, 5.74) is 1.02. The van der Waals surface area contributed by atoms with Crippen LogP contribution in [0.25, 0.3) is 0 Å². The maximum absolute atomic E-state index is 12.7. The molecule has 34 heavy (non-hydrogen) atoms. The Bertz CT molecular complexity index is 1350. The molecule has 1 amide bonds. The minimum Gasteiger partial charge on any atom is -0.497 e. The zero-order valence-corrected chi connectivity index (χ0v) is 19.1. The quantitative estimate of drug-likeness (QED) is 0.472. The third kappa shape index (κ3) is 6.11. The Balaban J connectivity index is 1.68. The van der Waals surface area contributed by atoms with Crippen molar-refractivity contribution in [3.8, 4) is 11.8 Å². The van der Waals surface area contributed by atoms with Crippen LogP contribution >= 0.6 is 0 Å². The van der Waals surface area contributed by atoms with E-state index < -0.39 is 28.0 Å². The van der Waals surface area contributed by atoms with Crippen LogP contribution in [0.3, 0.4) is 0 Å². The molecule has 3 aromatic carbocycles. The van der Waals surface area contributed by atoms with Crippen molar-refractivity contribution in [1.29, 1.82) is 5.26 Å². The first-order valence-electron chi connectivity index (χ1n) is 10.0. The fourth-order valence-corrected chi connectivity index (χ4v) is 3.96. The molecule has 0 bridgehead atoms. The van der Waals surface area contributed by atoms with Gasteiger partial charge in [-0.25, -0.2) is 13.2 Å². The maximum Gasteiger partial charge on any atom is 0.338 e. The van der Waals surface area contributed by atoms with Gasteiger partial charge in [0.15, 0.2) is 6.10 Å². The number of benzene rings is 3. The summed E-state index contributed by atoms with van der Waals surface area (Å²) in [7, 11) is -2.48. The molecule has 10 heteroatoms. The minimum atomic E-state index is -3.99. The first kappa shape index (κ1) is 24.3. The summed E-state index contributed by atoms with van der Waals surface area (Å²) in [5.74, 6) is -0.896. The van der Waals surface area contributed by atoms with Crippen LogP contribution < -0.4 is 14.8 Å². The van der Waals surface area contributed by atoms with Crippen LogP contribution in [-0.2, 0) is 19.6 Å². The second kappa shape index (κ2) is 10.5. The predicted molar refractivity (Wildman–Crippen MR) is 125 cm³/mol. The number of carbonyl (C=O) groups is 2. The Morgan fingerprint density at radius 1 is 0.971 bits per heavy atom. The molecule has 3 aromatic rings. The molecular weight excluding hydrogens is 458 g/mol. The largest absolute Gasteiger partial charge is 0.497 e. The van der Waals surface area contributed by atoms with E-state index in [2.05, 4.69) is 10.0 Å². The fraction of sp³-hybridized carbons (Fsp3) is 0.125. The third-order valence-electron chi connectivity index (χ3n) is 4.63. The van der Waals surface area contributed by atoms with E-state index in [1.165, 1.54) is 38.3 Å². The topological polar surface area (TPSA) is 135 Å². The summed E-state index contributed by atoms with van der Waals surface area (Å²) in [6.07, 6.45) is -1.17. The number of anilines is 2. The molecule has 1 atom stereocenters. The number of hydrogen-bond acceptors (Lipinski definition) is 7. The van der Waals surface area contributed by atoms with Gasteiger partial charge in [-0.15, -0.1) is 0 Å². The van der Waals surface area contributed by atoms with Crippen molar-refractivity contribution in [2.45, 2.75) is 17.9 Å². The number of nitrogens with zero attached hydrogens (tertiary/aromatic N) is 1. The van der Waals surface area contributed by atoms with Gasteiger partial charge in [0.2, 0.25) is 0 Å². The van der Waals surface area contributed by atoms with E-state index >= 15 is 0 Å². The molecule has 9 nitrogen and oxygen atoms in total. The number of rotatable bonds is 8. The van der Waals surface area contributed by atoms with Crippen molar-refractivity contribution in [2.75, 3.05) is 17.1 Å². The molecule has 0 radical (unpaired) electrons. The average molecular weight is 480 g/mol. The van der Waals surface area contributed by atoms with Crippen molar-refractivity contribution >= 4 is 33.3 Å². The van der Waals surface area contributed by atoms with E-state index in [4.69, 9.17) is 14.7 Å². The Kier molecular flexibility index (Phi) is 7.50. The normalized spacial score (nSPS) is 11.6. The Morgan fingerprint density at radius 3 is 2.35 bits per heavy atom. The summed E-state index contributed by atoms with van der Waals surface area (Å²) in [6.45, 7) is 1.38. The number of ether oxygens (including phenoxy) is 2. The molecule has 0 aliphatic heterocycles. The summed E-state index contributed by atoms with van der Waals surface area (Å²) >= 11 is 0. The average Bonchev–Trinajstić information content (AvgIpc) is 2.84. The molecule has 0 saturated heterocycles. The van der Waals surface area contributed by atoms with Gasteiger partial charge < -0.3 is 14.8 Å². The third-order valence-corrected chi connectivity index (χ3v) is 6.01. The monoisotopic (exact) mass is 479 g/mol. The first-order valence-corrected chi connectivity index (χ1v) is 11.5. The number of esters is 1. The highest BCUT2D eigenvalue weighted by Crippen LogP contribution is 2.20. The molecule has 174 valence electrons. The molecule has 0 heterocycles. The van der Waals surface area contributed by atoms with Gasteiger partial charge in [-0.1, -0.05) is 12.1 Å². The van der Waals surface area contributed by atoms with Gasteiger partial charge in [0.1, 0.15) is 5.75 Å². The van der Waals surface area contributed by atoms with Crippen LogP contribution in [-0.4, -0.2) is 33.5 Å². The van der Waals surface area contributed by atoms with Gasteiger partial charge in [0, 0.05) is 11.4 Å². The van der Waals surface area contributed by atoms with Gasteiger partial charge in [-0.05, 0) is 67.6 Å². The second-order valence-electron chi connectivity index (χ2n) is 7.09. The molecule has 3 rings (SSSR count). The zero-order valence-electron chi connectivity index (χ0n) is 18.3. The lowest BCUT2D eigenvalue weighted by atomic mass is 10.2. The lowest BCUT2D eigenvalue weighted by Crippen LogP contribution is -2.30. The highest BCUT2D eigenvalue weighted by atomic mass is 32.2. The molecule has 0 spiro atoms. The molecule has 1 unspecified atom stereocenters. The van der Waals surface area contributed by atoms with Gasteiger partial charge in [-0.2, -0.15) is 5.26 Å². The fourth-order valence-electron chi connectivity index (χ4n) is 2.86. The summed E-state index contributed by atoms with van der Waals surface area (Å²) in [6, 6.07) is 19.8. The molecule has 0 fully saturated rings. The van der Waals surface area contributed by atoms with E-state index in [0.717, 1.165) is 6.07 Å². The summed E-state index contributed by atoms with van der Waals surface area (Å²) < 4.78 is 38.1. The number of methoxy groups -OCH3 is 1. The van der Waals surface area contributed by atoms with Gasteiger partial charge in [0.25, 0.3) is 15.9 Å². The Morgan fingerprint density at radius 2 is 1.68 bits per heavy atom. The molecule has 0 aliphatic rings. The van der Waals surface area contributed by atoms with Gasteiger partial charge in [-0.3, -0.25) is 9.52 Å². The highest BCUT2D eigenvalue weighted by Gasteiger charge is 2.21. The van der Waals surface area contributed by atoms with Crippen molar-refractivity contribution in [1.82, 2.24) is 0 Å². The Hall–Kier alpha value is -4.36. The van der Waals surface area contributed by atoms with E-state index in [1.807, 2.05) is 6.07 Å². The van der Waals surface area contributed by atoms with Crippen molar-refractivity contribution in [3.05, 3.63) is 83.9 Å². The number of nitriles is 1. The molecular formula is C24H21N3O6S. The lowest BCUT2D eigenvalue weighted by molar-refractivity contribution is -0.123. The second-order valence-corrected chi connectivity index (χ2v) is 8.77. The number of hydrogen-bond donors (Lipinski definition) is 2. The predicted octanol–water partition coefficient (Wildman–Crippen LogP) is 3.55. The number of sulfonamides is 1. The molecule has 0 saturated carbocycles. The summed E-state index contributed by atoms with van der Waals surface area (Å²) in [5, 5.41) is 11.5. The van der Waals surface area contributed by atoms with Crippen molar-refractivity contribution < 1.29 is 27.5 Å². The minimum absolute atomic E-state index is 0.0382.